The van der Waals surface area contributed by atoms with Crippen molar-refractivity contribution >= 4 is 28.7 Å². The molecule has 0 aliphatic heterocycles. The van der Waals surface area contributed by atoms with Crippen molar-refractivity contribution in [2.75, 3.05) is 6.61 Å². The summed E-state index contributed by atoms with van der Waals surface area (Å²) in [5.74, 6) is -6.43. The summed E-state index contributed by atoms with van der Waals surface area (Å²) < 4.78 is 4.53. The molecule has 0 aromatic heterocycles. The molecule has 1 atom stereocenters. The lowest BCUT2D eigenvalue weighted by molar-refractivity contribution is -0.158. The first kappa shape index (κ1) is 16.2. The second kappa shape index (κ2) is 6.32. The summed E-state index contributed by atoms with van der Waals surface area (Å²) in [6.07, 6.45) is 0. The Morgan fingerprint density at radius 3 is 2.30 bits per heavy atom. The van der Waals surface area contributed by atoms with Gasteiger partial charge >= 0.3 is 17.9 Å². The van der Waals surface area contributed by atoms with Crippen molar-refractivity contribution < 1.29 is 39.5 Å². The number of hydrogen-bond donors (Lipinski definition) is 4. The molecule has 0 amide bonds. The van der Waals surface area contributed by atoms with Gasteiger partial charge in [-0.05, 0) is 28.5 Å². The molecule has 0 saturated carbocycles. The van der Waals surface area contributed by atoms with E-state index >= 15 is 0 Å². The molecule has 0 heterocycles. The number of hydrogen-bond acceptors (Lipinski definition) is 6. The molecule has 8 nitrogen and oxygen atoms in total. The first-order valence-corrected chi connectivity index (χ1v) is 6.39. The van der Waals surface area contributed by atoms with E-state index in [4.69, 9.17) is 15.3 Å². The highest BCUT2D eigenvalue weighted by molar-refractivity contribution is 6.29. The van der Waals surface area contributed by atoms with Gasteiger partial charge in [-0.15, -0.1) is 0 Å². The molecule has 4 N–H and O–H groups in total. The molecular weight excluding hydrogens is 308 g/mol. The van der Waals surface area contributed by atoms with E-state index in [1.54, 1.807) is 0 Å². The largest absolute Gasteiger partial charge is 0.504 e. The number of aliphatic hydroxyl groups excluding tert-OH is 1. The van der Waals surface area contributed by atoms with Gasteiger partial charge in [0.05, 0.1) is 6.61 Å². The third-order valence-corrected chi connectivity index (χ3v) is 3.20. The fraction of sp³-hybridized carbons (Fsp3) is 0.133. The van der Waals surface area contributed by atoms with Gasteiger partial charge in [0.15, 0.2) is 11.5 Å². The molecule has 2 aromatic rings. The van der Waals surface area contributed by atoms with Crippen LogP contribution in [-0.2, 0) is 14.4 Å². The van der Waals surface area contributed by atoms with Gasteiger partial charge in [0.2, 0.25) is 0 Å². The Morgan fingerprint density at radius 1 is 1.04 bits per heavy atom. The number of esters is 1. The number of carbonyl (C=O) groups is 3. The quantitative estimate of drug-likeness (QED) is 0.366. The predicted octanol–water partition coefficient (Wildman–Crippen LogP) is 0.696. The first-order chi connectivity index (χ1) is 10.8. The van der Waals surface area contributed by atoms with E-state index in [1.807, 2.05) is 0 Å². The van der Waals surface area contributed by atoms with E-state index in [0.717, 1.165) is 0 Å². The van der Waals surface area contributed by atoms with Crippen LogP contribution in [0, 0.1) is 0 Å². The SMILES string of the molecule is O=C(O)C(=O)Oc1cc2ccc(C(CO)C(=O)O)cc2cc1O. The number of aliphatic hydroxyl groups is 1. The summed E-state index contributed by atoms with van der Waals surface area (Å²) in [7, 11) is 0. The van der Waals surface area contributed by atoms with Crippen LogP contribution < -0.4 is 4.74 Å². The molecule has 0 saturated heterocycles. The molecule has 0 fully saturated rings. The van der Waals surface area contributed by atoms with Crippen molar-refractivity contribution in [1.29, 1.82) is 0 Å². The Morgan fingerprint density at radius 2 is 1.74 bits per heavy atom. The molecule has 1 unspecified atom stereocenters. The minimum atomic E-state index is -1.80. The molecule has 120 valence electrons. The molecule has 2 rings (SSSR count). The lowest BCUT2D eigenvalue weighted by atomic mass is 9.97. The zero-order valence-electron chi connectivity index (χ0n) is 11.6. The van der Waals surface area contributed by atoms with Gasteiger partial charge in [0.1, 0.15) is 5.92 Å². The van der Waals surface area contributed by atoms with Gasteiger partial charge in [0, 0.05) is 0 Å². The van der Waals surface area contributed by atoms with Crippen molar-refractivity contribution in [3.8, 4) is 11.5 Å². The van der Waals surface area contributed by atoms with Crippen LogP contribution in [0.2, 0.25) is 0 Å². The minimum absolute atomic E-state index is 0.324. The van der Waals surface area contributed by atoms with Crippen LogP contribution >= 0.6 is 0 Å². The van der Waals surface area contributed by atoms with Crippen molar-refractivity contribution in [1.82, 2.24) is 0 Å². The monoisotopic (exact) mass is 320 g/mol. The Balaban J connectivity index is 2.44. The van der Waals surface area contributed by atoms with E-state index in [1.165, 1.54) is 30.3 Å². The summed E-state index contributed by atoms with van der Waals surface area (Å²) in [5, 5.41) is 37.4. The number of aromatic hydroxyl groups is 1. The second-order valence-corrected chi connectivity index (χ2v) is 4.69. The van der Waals surface area contributed by atoms with Crippen LogP contribution in [0.3, 0.4) is 0 Å². The summed E-state index contributed by atoms with van der Waals surface area (Å²) in [6, 6.07) is 6.90. The number of ether oxygens (including phenoxy) is 1. The Hall–Kier alpha value is -3.13. The average Bonchev–Trinajstić information content (AvgIpc) is 2.48. The standard InChI is InChI=1S/C15H12O8/c16-6-10(13(18)19)8-2-1-7-5-12(23-15(22)14(20)21)11(17)4-9(7)3-8/h1-5,10,16-17H,6H2,(H,18,19)(H,20,21). The van der Waals surface area contributed by atoms with Crippen LogP contribution in [0.5, 0.6) is 11.5 Å². The fourth-order valence-electron chi connectivity index (χ4n) is 2.05. The third-order valence-electron chi connectivity index (χ3n) is 3.20. The smallest absolute Gasteiger partial charge is 0.422 e. The van der Waals surface area contributed by atoms with E-state index in [-0.39, 0.29) is 5.75 Å². The Bertz CT molecular complexity index is 795. The molecule has 0 aliphatic rings. The van der Waals surface area contributed by atoms with Gasteiger partial charge in [-0.1, -0.05) is 18.2 Å². The lowest BCUT2D eigenvalue weighted by Crippen LogP contribution is -2.19. The van der Waals surface area contributed by atoms with Crippen molar-refractivity contribution in [3.05, 3.63) is 35.9 Å². The average molecular weight is 320 g/mol. The number of phenolic OH excluding ortho intramolecular Hbond substituents is 1. The van der Waals surface area contributed by atoms with E-state index < -0.39 is 36.2 Å². The summed E-state index contributed by atoms with van der Waals surface area (Å²) in [6.45, 7) is -0.582. The number of carboxylic acid groups (broad SMARTS) is 2. The van der Waals surface area contributed by atoms with Crippen LogP contribution in [0.4, 0.5) is 0 Å². The van der Waals surface area contributed by atoms with Crippen LogP contribution in [0.25, 0.3) is 10.8 Å². The number of rotatable bonds is 4. The molecule has 2 aromatic carbocycles. The first-order valence-electron chi connectivity index (χ1n) is 6.39. The topological polar surface area (TPSA) is 141 Å². The molecule has 23 heavy (non-hydrogen) atoms. The van der Waals surface area contributed by atoms with Gasteiger partial charge < -0.3 is 25.2 Å². The maximum Gasteiger partial charge on any atom is 0.422 e. The van der Waals surface area contributed by atoms with Gasteiger partial charge in [-0.3, -0.25) is 4.79 Å². The van der Waals surface area contributed by atoms with E-state index in [0.29, 0.717) is 16.3 Å². The highest BCUT2D eigenvalue weighted by Crippen LogP contribution is 2.33. The summed E-state index contributed by atoms with van der Waals surface area (Å²) >= 11 is 0. The maximum absolute atomic E-state index is 11.1. The van der Waals surface area contributed by atoms with Crippen LogP contribution in [0.15, 0.2) is 30.3 Å². The van der Waals surface area contributed by atoms with E-state index in [2.05, 4.69) is 4.74 Å². The van der Waals surface area contributed by atoms with Crippen molar-refractivity contribution in [2.24, 2.45) is 0 Å². The second-order valence-electron chi connectivity index (χ2n) is 4.69. The molecule has 0 spiro atoms. The Labute approximate surface area is 129 Å². The molecule has 8 heteroatoms. The number of carbonyl (C=O) groups excluding carboxylic acids is 1. The predicted molar refractivity (Wildman–Crippen MR) is 76.3 cm³/mol. The fourth-order valence-corrected chi connectivity index (χ4v) is 2.05. The Kier molecular flexibility index (Phi) is 4.47. The van der Waals surface area contributed by atoms with Crippen molar-refractivity contribution in [3.63, 3.8) is 0 Å². The van der Waals surface area contributed by atoms with E-state index in [9.17, 15) is 19.5 Å². The van der Waals surface area contributed by atoms with Gasteiger partial charge in [-0.25, -0.2) is 9.59 Å². The zero-order chi connectivity index (χ0) is 17.1. The molecule has 0 radical (unpaired) electrons. The van der Waals surface area contributed by atoms with Crippen LogP contribution in [0.1, 0.15) is 11.5 Å². The highest BCUT2D eigenvalue weighted by Gasteiger charge is 2.20. The highest BCUT2D eigenvalue weighted by atomic mass is 16.6. The number of fused-ring (bicyclic) bond motifs is 1. The summed E-state index contributed by atoms with van der Waals surface area (Å²) in [4.78, 5) is 32.5. The molecule has 0 aliphatic carbocycles. The number of phenols is 1. The number of carboxylic acids is 2. The normalized spacial score (nSPS) is 11.9. The number of benzene rings is 2. The number of aliphatic carboxylic acids is 2. The van der Waals surface area contributed by atoms with Gasteiger partial charge in [0.25, 0.3) is 0 Å². The van der Waals surface area contributed by atoms with Gasteiger partial charge in [-0.2, -0.15) is 0 Å². The maximum atomic E-state index is 11.1. The molecule has 0 bridgehead atoms. The molecular formula is C15H12O8. The minimum Gasteiger partial charge on any atom is -0.504 e. The lowest BCUT2D eigenvalue weighted by Gasteiger charge is -2.11. The third kappa shape index (κ3) is 3.38. The van der Waals surface area contributed by atoms with Crippen molar-refractivity contribution in [2.45, 2.75) is 5.92 Å². The van der Waals surface area contributed by atoms with Crippen LogP contribution in [-0.4, -0.2) is 44.9 Å². The zero-order valence-corrected chi connectivity index (χ0v) is 11.6. The summed E-state index contributed by atoms with van der Waals surface area (Å²) in [5.41, 5.74) is 0.335.